The number of hydrogen-bond acceptors (Lipinski definition) is 15. The highest BCUT2D eigenvalue weighted by atomic mass is 31.2. The molecule has 0 fully saturated rings. The maximum atomic E-state index is 13.0. The van der Waals surface area contributed by atoms with Crippen LogP contribution < -0.4 is 0 Å². The zero-order valence-electron chi connectivity index (χ0n) is 58.1. The summed E-state index contributed by atoms with van der Waals surface area (Å²) < 4.78 is 68.2. The van der Waals surface area contributed by atoms with Crippen LogP contribution in [0.2, 0.25) is 0 Å². The number of ether oxygens (including phenoxy) is 4. The summed E-state index contributed by atoms with van der Waals surface area (Å²) in [5.74, 6) is 0.816. The first kappa shape index (κ1) is 87.1. The second-order valence-corrected chi connectivity index (χ2v) is 29.8. The van der Waals surface area contributed by atoms with Crippen molar-refractivity contribution in [2.75, 3.05) is 39.6 Å². The van der Waals surface area contributed by atoms with Crippen LogP contribution in [0.15, 0.2) is 0 Å². The number of rotatable bonds is 67. The number of aliphatic hydroxyl groups is 1. The molecule has 0 saturated carbocycles. The summed E-state index contributed by atoms with van der Waals surface area (Å²) in [5, 5.41) is 10.6. The number of aliphatic hydroxyl groups excluding tert-OH is 1. The first-order chi connectivity index (χ1) is 42.6. The highest BCUT2D eigenvalue weighted by molar-refractivity contribution is 7.47. The molecular weight excluding hydrogens is 1170 g/mol. The van der Waals surface area contributed by atoms with Gasteiger partial charge in [-0.25, -0.2) is 9.13 Å². The Morgan fingerprint density at radius 2 is 0.539 bits per heavy atom. The quantitative estimate of drug-likeness (QED) is 0.0222. The van der Waals surface area contributed by atoms with Crippen molar-refractivity contribution in [1.29, 1.82) is 0 Å². The third-order valence-electron chi connectivity index (χ3n) is 16.4. The average molecular weight is 1310 g/mol. The van der Waals surface area contributed by atoms with E-state index < -0.39 is 97.5 Å². The molecule has 6 atom stereocenters. The van der Waals surface area contributed by atoms with Gasteiger partial charge in [-0.3, -0.25) is 37.3 Å². The fourth-order valence-electron chi connectivity index (χ4n) is 10.5. The minimum Gasteiger partial charge on any atom is -0.462 e. The van der Waals surface area contributed by atoms with Gasteiger partial charge in [0.1, 0.15) is 19.3 Å². The lowest BCUT2D eigenvalue weighted by atomic mass is 10.00. The van der Waals surface area contributed by atoms with Crippen LogP contribution >= 0.6 is 15.6 Å². The van der Waals surface area contributed by atoms with Crippen LogP contribution in [0.1, 0.15) is 344 Å². The molecule has 0 aromatic heterocycles. The van der Waals surface area contributed by atoms with Crippen LogP contribution in [-0.2, 0) is 65.4 Å². The van der Waals surface area contributed by atoms with Crippen LogP contribution in [0.4, 0.5) is 0 Å². The van der Waals surface area contributed by atoms with Gasteiger partial charge in [-0.2, -0.15) is 0 Å². The lowest BCUT2D eigenvalue weighted by Gasteiger charge is -2.21. The standard InChI is InChI=1S/C70H136O17P2/c1-9-63(8)49-41-33-27-29-35-43-51-68(73)81-57-66(86-69(74)52-44-36-24-20-16-14-12-10-11-13-15-18-22-30-38-46-60(2)3)59-85-89(78,79)83-55-64(71)54-82-88(76,77)84-58-65(56-80-67(72)50-42-34-28-26-32-40-48-62(6)7)87-70(75)53-45-37-25-21-17-19-23-31-39-47-61(4)5/h60-66,71H,9-59H2,1-8H3,(H,76,77)(H,78,79)/t63?,64-,65-,66-/m1/s1. The van der Waals surface area contributed by atoms with Crippen molar-refractivity contribution in [3.05, 3.63) is 0 Å². The Labute approximate surface area is 543 Å². The molecule has 0 radical (unpaired) electrons. The summed E-state index contributed by atoms with van der Waals surface area (Å²) in [6.07, 6.45) is 41.9. The minimum absolute atomic E-state index is 0.104. The molecule has 17 nitrogen and oxygen atoms in total. The summed E-state index contributed by atoms with van der Waals surface area (Å²) in [4.78, 5) is 72.5. The lowest BCUT2D eigenvalue weighted by molar-refractivity contribution is -0.161. The Hall–Kier alpha value is -1.94. The summed E-state index contributed by atoms with van der Waals surface area (Å²) in [6, 6.07) is 0. The Balaban J connectivity index is 5.21. The highest BCUT2D eigenvalue weighted by Crippen LogP contribution is 2.45. The lowest BCUT2D eigenvalue weighted by Crippen LogP contribution is -2.30. The molecule has 528 valence electrons. The SMILES string of the molecule is CCC(C)CCCCCCCCC(=O)OC[C@H](COP(=O)(O)OC[C@H](O)COP(=O)(O)OC[C@@H](COC(=O)CCCCCCCCC(C)C)OC(=O)CCCCCCCCCCCC(C)C)OC(=O)CCCCCCCCCCCCCCCCCC(C)C. The number of esters is 4. The number of unbranched alkanes of at least 4 members (excludes halogenated alkanes) is 32. The predicted octanol–water partition coefficient (Wildman–Crippen LogP) is 19.7. The molecule has 0 saturated heterocycles. The molecule has 19 heteroatoms. The van der Waals surface area contributed by atoms with E-state index in [2.05, 4.69) is 55.4 Å². The van der Waals surface area contributed by atoms with Crippen molar-refractivity contribution in [3.8, 4) is 0 Å². The maximum Gasteiger partial charge on any atom is 0.472 e. The predicted molar refractivity (Wildman–Crippen MR) is 358 cm³/mol. The van der Waals surface area contributed by atoms with E-state index in [0.717, 1.165) is 120 Å². The van der Waals surface area contributed by atoms with Crippen molar-refractivity contribution >= 4 is 39.5 Å². The Morgan fingerprint density at radius 3 is 0.798 bits per heavy atom. The maximum absolute atomic E-state index is 13.0. The van der Waals surface area contributed by atoms with Gasteiger partial charge < -0.3 is 33.8 Å². The fraction of sp³-hybridized carbons (Fsp3) is 0.943. The summed E-state index contributed by atoms with van der Waals surface area (Å²) in [5.41, 5.74) is 0. The molecule has 0 aromatic rings. The van der Waals surface area contributed by atoms with E-state index in [4.69, 9.17) is 37.0 Å². The van der Waals surface area contributed by atoms with E-state index in [1.807, 2.05) is 0 Å². The van der Waals surface area contributed by atoms with Gasteiger partial charge >= 0.3 is 39.5 Å². The fourth-order valence-corrected chi connectivity index (χ4v) is 12.0. The number of carbonyl (C=O) groups is 4. The monoisotopic (exact) mass is 1310 g/mol. The van der Waals surface area contributed by atoms with Crippen molar-refractivity contribution < 1.29 is 80.2 Å². The first-order valence-electron chi connectivity index (χ1n) is 36.2. The highest BCUT2D eigenvalue weighted by Gasteiger charge is 2.30. The number of carbonyl (C=O) groups excluding carboxylic acids is 4. The molecule has 0 aliphatic heterocycles. The van der Waals surface area contributed by atoms with E-state index in [-0.39, 0.29) is 25.7 Å². The number of phosphoric acid groups is 2. The molecule has 0 rings (SSSR count). The normalized spacial score (nSPS) is 14.6. The van der Waals surface area contributed by atoms with E-state index in [1.54, 1.807) is 0 Å². The van der Waals surface area contributed by atoms with E-state index >= 15 is 0 Å². The third kappa shape index (κ3) is 63.2. The molecule has 0 aliphatic carbocycles. The number of hydrogen-bond donors (Lipinski definition) is 3. The summed E-state index contributed by atoms with van der Waals surface area (Å²) in [7, 11) is -9.90. The third-order valence-corrected chi connectivity index (χ3v) is 18.3. The van der Waals surface area contributed by atoms with Gasteiger partial charge in [-0.05, 0) is 49.4 Å². The van der Waals surface area contributed by atoms with E-state index in [9.17, 15) is 43.2 Å². The van der Waals surface area contributed by atoms with Crippen molar-refractivity contribution in [1.82, 2.24) is 0 Å². The van der Waals surface area contributed by atoms with Gasteiger partial charge in [0.15, 0.2) is 12.2 Å². The molecule has 0 heterocycles. The first-order valence-corrected chi connectivity index (χ1v) is 39.2. The molecule has 3 unspecified atom stereocenters. The molecule has 3 N–H and O–H groups in total. The minimum atomic E-state index is -4.95. The van der Waals surface area contributed by atoms with Gasteiger partial charge in [0.05, 0.1) is 26.4 Å². The molecule has 89 heavy (non-hydrogen) atoms. The average Bonchev–Trinajstić information content (AvgIpc) is 3.70. The Bertz CT molecular complexity index is 1770. The zero-order valence-corrected chi connectivity index (χ0v) is 59.8. The van der Waals surface area contributed by atoms with Crippen molar-refractivity contribution in [2.24, 2.45) is 23.7 Å². The molecule has 0 bridgehead atoms. The smallest absolute Gasteiger partial charge is 0.462 e. The van der Waals surface area contributed by atoms with Crippen molar-refractivity contribution in [2.45, 2.75) is 363 Å². The van der Waals surface area contributed by atoms with Gasteiger partial charge in [-0.15, -0.1) is 0 Å². The second-order valence-electron chi connectivity index (χ2n) is 26.9. The topological polar surface area (TPSA) is 237 Å². The van der Waals surface area contributed by atoms with Crippen LogP contribution in [0.25, 0.3) is 0 Å². The summed E-state index contributed by atoms with van der Waals surface area (Å²) >= 11 is 0. The Morgan fingerprint density at radius 1 is 0.315 bits per heavy atom. The van der Waals surface area contributed by atoms with Gasteiger partial charge in [-0.1, -0.05) is 293 Å². The number of phosphoric ester groups is 2. The van der Waals surface area contributed by atoms with Gasteiger partial charge in [0, 0.05) is 25.7 Å². The van der Waals surface area contributed by atoms with Gasteiger partial charge in [0.25, 0.3) is 0 Å². The molecule has 0 aromatic carbocycles. The molecular formula is C70H136O17P2. The van der Waals surface area contributed by atoms with E-state index in [1.165, 1.54) is 135 Å². The largest absolute Gasteiger partial charge is 0.472 e. The van der Waals surface area contributed by atoms with Crippen LogP contribution in [-0.4, -0.2) is 96.7 Å². The zero-order chi connectivity index (χ0) is 66.1. The van der Waals surface area contributed by atoms with E-state index in [0.29, 0.717) is 31.6 Å². The Kier molecular flexibility index (Phi) is 58.5. The molecule has 0 amide bonds. The van der Waals surface area contributed by atoms with Crippen LogP contribution in [0.5, 0.6) is 0 Å². The van der Waals surface area contributed by atoms with Crippen LogP contribution in [0, 0.1) is 23.7 Å². The van der Waals surface area contributed by atoms with Crippen molar-refractivity contribution in [3.63, 3.8) is 0 Å². The molecule has 0 spiro atoms. The summed E-state index contributed by atoms with van der Waals surface area (Å²) in [6.45, 7) is 14.0. The second kappa shape index (κ2) is 59.8. The molecule has 0 aliphatic rings. The van der Waals surface area contributed by atoms with Crippen LogP contribution in [0.3, 0.4) is 0 Å². The van der Waals surface area contributed by atoms with Gasteiger partial charge in [0.2, 0.25) is 0 Å².